The molecular weight excluding hydrogens is 192 g/mol. The summed E-state index contributed by atoms with van der Waals surface area (Å²) < 4.78 is 0. The Labute approximate surface area is 90.6 Å². The van der Waals surface area contributed by atoms with Gasteiger partial charge in [-0.15, -0.1) is 0 Å². The standard InChI is InChI=1S/C10H18N4O/c1-13(2)7-8-14-6-5-12-10(15)9(14)3-4-11/h9H,3,5-8H2,1-2H3,(H,12,15). The first kappa shape index (κ1) is 12.0. The third kappa shape index (κ3) is 3.50. The highest BCUT2D eigenvalue weighted by molar-refractivity contribution is 5.82. The molecule has 1 heterocycles. The first-order chi connectivity index (χ1) is 7.15. The number of carbonyl (C=O) groups excluding carboxylic acids is 1. The van der Waals surface area contributed by atoms with Crippen molar-refractivity contribution in [2.45, 2.75) is 12.5 Å². The number of amides is 1. The number of nitrogens with one attached hydrogen (secondary N) is 1. The van der Waals surface area contributed by atoms with E-state index in [-0.39, 0.29) is 18.4 Å². The van der Waals surface area contributed by atoms with Crippen molar-refractivity contribution in [3.05, 3.63) is 0 Å². The van der Waals surface area contributed by atoms with Crippen LogP contribution in [0.4, 0.5) is 0 Å². The van der Waals surface area contributed by atoms with Crippen LogP contribution in [0.25, 0.3) is 0 Å². The lowest BCUT2D eigenvalue weighted by molar-refractivity contribution is -0.128. The van der Waals surface area contributed by atoms with Crippen LogP contribution in [0.3, 0.4) is 0 Å². The molecule has 5 heteroatoms. The summed E-state index contributed by atoms with van der Waals surface area (Å²) in [5.74, 6) is -0.0124. The van der Waals surface area contributed by atoms with Gasteiger partial charge < -0.3 is 10.2 Å². The molecule has 0 aromatic heterocycles. The van der Waals surface area contributed by atoms with Crippen LogP contribution < -0.4 is 5.32 Å². The molecule has 1 amide bonds. The highest BCUT2D eigenvalue weighted by Gasteiger charge is 2.28. The van der Waals surface area contributed by atoms with Crippen LogP contribution in [0.1, 0.15) is 6.42 Å². The quantitative estimate of drug-likeness (QED) is 0.664. The average Bonchev–Trinajstić information content (AvgIpc) is 2.19. The zero-order chi connectivity index (χ0) is 11.3. The van der Waals surface area contributed by atoms with Gasteiger partial charge in [0.25, 0.3) is 0 Å². The Balaban J connectivity index is 2.51. The third-order valence-electron chi connectivity index (χ3n) is 2.56. The molecule has 0 saturated carbocycles. The summed E-state index contributed by atoms with van der Waals surface area (Å²) in [5, 5.41) is 11.5. The Morgan fingerprint density at radius 2 is 2.40 bits per heavy atom. The molecule has 1 atom stereocenters. The van der Waals surface area contributed by atoms with E-state index in [1.807, 2.05) is 14.1 Å². The molecule has 1 N–H and O–H groups in total. The van der Waals surface area contributed by atoms with Gasteiger partial charge in [0.2, 0.25) is 5.91 Å². The minimum absolute atomic E-state index is 0.0124. The van der Waals surface area contributed by atoms with Crippen molar-refractivity contribution in [3.63, 3.8) is 0 Å². The van der Waals surface area contributed by atoms with Crippen LogP contribution in [-0.4, -0.2) is 62.0 Å². The summed E-state index contributed by atoms with van der Waals surface area (Å²) in [6, 6.07) is 1.81. The van der Waals surface area contributed by atoms with E-state index in [2.05, 4.69) is 21.2 Å². The highest BCUT2D eigenvalue weighted by Crippen LogP contribution is 2.07. The average molecular weight is 210 g/mol. The van der Waals surface area contributed by atoms with Gasteiger partial charge in [-0.3, -0.25) is 9.69 Å². The van der Waals surface area contributed by atoms with Crippen molar-refractivity contribution in [3.8, 4) is 6.07 Å². The Hall–Kier alpha value is -1.12. The van der Waals surface area contributed by atoms with Crippen LogP contribution in [0.5, 0.6) is 0 Å². The number of hydrogen-bond donors (Lipinski definition) is 1. The molecule has 1 aliphatic rings. The van der Waals surface area contributed by atoms with Crippen LogP contribution in [-0.2, 0) is 4.79 Å². The minimum atomic E-state index is -0.260. The van der Waals surface area contributed by atoms with Gasteiger partial charge in [-0.2, -0.15) is 5.26 Å². The number of rotatable bonds is 4. The van der Waals surface area contributed by atoms with Gasteiger partial charge in [0.1, 0.15) is 6.04 Å². The van der Waals surface area contributed by atoms with Crippen LogP contribution >= 0.6 is 0 Å². The monoisotopic (exact) mass is 210 g/mol. The van der Waals surface area contributed by atoms with E-state index in [0.717, 1.165) is 19.6 Å². The Morgan fingerprint density at radius 3 is 3.00 bits per heavy atom. The first-order valence-electron chi connectivity index (χ1n) is 5.18. The van der Waals surface area contributed by atoms with Crippen LogP contribution in [0.2, 0.25) is 0 Å². The largest absolute Gasteiger partial charge is 0.353 e. The summed E-state index contributed by atoms with van der Waals surface area (Å²) in [4.78, 5) is 15.7. The van der Waals surface area contributed by atoms with Crippen molar-refractivity contribution in [2.75, 3.05) is 40.3 Å². The molecule has 0 aromatic rings. The second kappa shape index (κ2) is 5.69. The fourth-order valence-corrected chi connectivity index (χ4v) is 1.67. The highest BCUT2D eigenvalue weighted by atomic mass is 16.2. The van der Waals surface area contributed by atoms with Crippen molar-refractivity contribution in [1.82, 2.24) is 15.1 Å². The maximum Gasteiger partial charge on any atom is 0.238 e. The molecule has 0 spiro atoms. The second-order valence-corrected chi connectivity index (χ2v) is 4.01. The fourth-order valence-electron chi connectivity index (χ4n) is 1.67. The van der Waals surface area contributed by atoms with Gasteiger partial charge in [0.15, 0.2) is 0 Å². The van der Waals surface area contributed by atoms with E-state index in [0.29, 0.717) is 6.54 Å². The van der Waals surface area contributed by atoms with Gasteiger partial charge >= 0.3 is 0 Å². The Kier molecular flexibility index (Phi) is 4.53. The van der Waals surface area contributed by atoms with E-state index in [1.54, 1.807) is 0 Å². The van der Waals surface area contributed by atoms with E-state index in [1.165, 1.54) is 0 Å². The summed E-state index contributed by atoms with van der Waals surface area (Å²) in [6.45, 7) is 3.28. The van der Waals surface area contributed by atoms with Crippen LogP contribution in [0, 0.1) is 11.3 Å². The molecule has 5 nitrogen and oxygen atoms in total. The lowest BCUT2D eigenvalue weighted by atomic mass is 10.1. The van der Waals surface area contributed by atoms with Crippen molar-refractivity contribution in [1.29, 1.82) is 5.26 Å². The van der Waals surface area contributed by atoms with Gasteiger partial charge in [-0.1, -0.05) is 0 Å². The molecule has 1 unspecified atom stereocenters. The number of carbonyl (C=O) groups is 1. The lowest BCUT2D eigenvalue weighted by Crippen LogP contribution is -2.56. The van der Waals surface area contributed by atoms with Gasteiger partial charge in [0, 0.05) is 26.2 Å². The Bertz CT molecular complexity index is 259. The minimum Gasteiger partial charge on any atom is -0.353 e. The number of nitrogens with zero attached hydrogens (tertiary/aromatic N) is 3. The van der Waals surface area contributed by atoms with E-state index in [4.69, 9.17) is 5.26 Å². The molecule has 1 rings (SSSR count). The number of likely N-dealkylation sites (N-methyl/N-ethyl adjacent to an activating group) is 1. The van der Waals surface area contributed by atoms with Gasteiger partial charge in [-0.05, 0) is 14.1 Å². The summed E-state index contributed by atoms with van der Waals surface area (Å²) in [5.41, 5.74) is 0. The maximum absolute atomic E-state index is 11.5. The second-order valence-electron chi connectivity index (χ2n) is 4.01. The first-order valence-corrected chi connectivity index (χ1v) is 5.18. The topological polar surface area (TPSA) is 59.4 Å². The lowest BCUT2D eigenvalue weighted by Gasteiger charge is -2.34. The number of hydrogen-bond acceptors (Lipinski definition) is 4. The Morgan fingerprint density at radius 1 is 1.67 bits per heavy atom. The number of piperazine rings is 1. The van der Waals surface area contributed by atoms with Crippen molar-refractivity contribution in [2.24, 2.45) is 0 Å². The molecular formula is C10H18N4O. The molecule has 1 aliphatic heterocycles. The molecule has 0 radical (unpaired) electrons. The van der Waals surface area contributed by atoms with E-state index >= 15 is 0 Å². The normalized spacial score (nSPS) is 22.5. The van der Waals surface area contributed by atoms with Crippen LogP contribution in [0.15, 0.2) is 0 Å². The van der Waals surface area contributed by atoms with Gasteiger partial charge in [-0.25, -0.2) is 0 Å². The smallest absolute Gasteiger partial charge is 0.238 e. The maximum atomic E-state index is 11.5. The fraction of sp³-hybridized carbons (Fsp3) is 0.800. The predicted octanol–water partition coefficient (Wildman–Crippen LogP) is -0.738. The summed E-state index contributed by atoms with van der Waals surface area (Å²) >= 11 is 0. The molecule has 1 fully saturated rings. The predicted molar refractivity (Wildman–Crippen MR) is 57.2 cm³/mol. The van der Waals surface area contributed by atoms with Crippen molar-refractivity contribution < 1.29 is 4.79 Å². The summed E-state index contributed by atoms with van der Waals surface area (Å²) in [7, 11) is 4.01. The van der Waals surface area contributed by atoms with E-state index in [9.17, 15) is 4.79 Å². The molecule has 0 bridgehead atoms. The van der Waals surface area contributed by atoms with E-state index < -0.39 is 0 Å². The SMILES string of the molecule is CN(C)CCN1CCNC(=O)C1CC#N. The molecule has 0 aliphatic carbocycles. The van der Waals surface area contributed by atoms with Crippen molar-refractivity contribution >= 4 is 5.91 Å². The zero-order valence-corrected chi connectivity index (χ0v) is 9.36. The zero-order valence-electron chi connectivity index (χ0n) is 9.36. The third-order valence-corrected chi connectivity index (χ3v) is 2.56. The summed E-state index contributed by atoms with van der Waals surface area (Å²) in [6.07, 6.45) is 0.277. The molecule has 0 aromatic carbocycles. The number of nitriles is 1. The molecule has 84 valence electrons. The van der Waals surface area contributed by atoms with Gasteiger partial charge in [0.05, 0.1) is 12.5 Å². The molecule has 1 saturated heterocycles. The molecule has 15 heavy (non-hydrogen) atoms.